The van der Waals surface area contributed by atoms with E-state index in [0.717, 1.165) is 89.9 Å². The lowest BCUT2D eigenvalue weighted by Crippen LogP contribution is -2.30. The molecule has 0 saturated heterocycles. The predicted molar refractivity (Wildman–Crippen MR) is 279 cm³/mol. The zero-order valence-corrected chi connectivity index (χ0v) is 42.2. The van der Waals surface area contributed by atoms with Crippen LogP contribution < -0.4 is 0 Å². The molecule has 0 radical (unpaired) electrons. The molecule has 0 aliphatic heterocycles. The molecule has 0 N–H and O–H groups in total. The fourth-order valence-corrected chi connectivity index (χ4v) is 7.04. The summed E-state index contributed by atoms with van der Waals surface area (Å²) < 4.78 is 16.7. The average molecular weight is 903 g/mol. The fraction of sp³-hybridized carbons (Fsp3) is 0.678. The van der Waals surface area contributed by atoms with Crippen molar-refractivity contribution >= 4 is 17.9 Å². The van der Waals surface area contributed by atoms with Gasteiger partial charge >= 0.3 is 17.9 Å². The van der Waals surface area contributed by atoms with E-state index in [1.165, 1.54) is 103 Å². The Bertz CT molecular complexity index is 1310. The van der Waals surface area contributed by atoms with Crippen molar-refractivity contribution in [2.75, 3.05) is 13.2 Å². The van der Waals surface area contributed by atoms with E-state index in [0.29, 0.717) is 19.3 Å². The van der Waals surface area contributed by atoms with Crippen LogP contribution in [0.4, 0.5) is 0 Å². The lowest BCUT2D eigenvalue weighted by Gasteiger charge is -2.18. The van der Waals surface area contributed by atoms with E-state index in [4.69, 9.17) is 14.2 Å². The van der Waals surface area contributed by atoms with Crippen LogP contribution in [0.5, 0.6) is 0 Å². The van der Waals surface area contributed by atoms with E-state index < -0.39 is 6.10 Å². The lowest BCUT2D eigenvalue weighted by atomic mass is 10.1. The fourth-order valence-electron chi connectivity index (χ4n) is 7.04. The van der Waals surface area contributed by atoms with E-state index >= 15 is 0 Å². The van der Waals surface area contributed by atoms with Crippen molar-refractivity contribution in [3.8, 4) is 0 Å². The van der Waals surface area contributed by atoms with Crippen molar-refractivity contribution in [2.24, 2.45) is 0 Å². The maximum atomic E-state index is 12.8. The second kappa shape index (κ2) is 52.9. The van der Waals surface area contributed by atoms with Crippen molar-refractivity contribution in [1.29, 1.82) is 0 Å². The molecular weight excluding hydrogens is 805 g/mol. The molecule has 0 aromatic rings. The Morgan fingerprint density at radius 3 is 1.03 bits per heavy atom. The van der Waals surface area contributed by atoms with Gasteiger partial charge in [-0.1, -0.05) is 208 Å². The van der Waals surface area contributed by atoms with Gasteiger partial charge in [-0.2, -0.15) is 0 Å². The quantitative estimate of drug-likeness (QED) is 0.0262. The Kier molecular flexibility index (Phi) is 50.0. The molecule has 0 heterocycles. The molecule has 0 fully saturated rings. The van der Waals surface area contributed by atoms with Crippen LogP contribution in [-0.4, -0.2) is 37.2 Å². The molecule has 6 nitrogen and oxygen atoms in total. The smallest absolute Gasteiger partial charge is 0.306 e. The van der Waals surface area contributed by atoms with Gasteiger partial charge in [0.1, 0.15) is 13.2 Å². The van der Waals surface area contributed by atoms with Crippen LogP contribution in [0.2, 0.25) is 0 Å². The van der Waals surface area contributed by atoms with Crippen molar-refractivity contribution < 1.29 is 28.6 Å². The van der Waals surface area contributed by atoms with Crippen molar-refractivity contribution in [1.82, 2.24) is 0 Å². The van der Waals surface area contributed by atoms with E-state index in [1.807, 2.05) is 12.2 Å². The molecule has 0 aliphatic carbocycles. The van der Waals surface area contributed by atoms with Crippen molar-refractivity contribution in [3.05, 3.63) is 97.2 Å². The first kappa shape index (κ1) is 61.3. The first-order chi connectivity index (χ1) is 32.0. The Morgan fingerprint density at radius 1 is 0.323 bits per heavy atom. The van der Waals surface area contributed by atoms with Gasteiger partial charge in [-0.15, -0.1) is 0 Å². The van der Waals surface area contributed by atoms with Crippen LogP contribution in [0.1, 0.15) is 239 Å². The van der Waals surface area contributed by atoms with Gasteiger partial charge in [0.15, 0.2) is 6.10 Å². The predicted octanol–water partition coefficient (Wildman–Crippen LogP) is 17.8. The molecule has 0 aromatic heterocycles. The minimum Gasteiger partial charge on any atom is -0.462 e. The third kappa shape index (κ3) is 51.2. The molecular formula is C59H98O6. The van der Waals surface area contributed by atoms with Crippen LogP contribution in [-0.2, 0) is 28.6 Å². The summed E-state index contributed by atoms with van der Waals surface area (Å²) in [6, 6.07) is 0. The molecule has 0 amide bonds. The monoisotopic (exact) mass is 903 g/mol. The maximum Gasteiger partial charge on any atom is 0.306 e. The minimum atomic E-state index is -0.814. The van der Waals surface area contributed by atoms with Gasteiger partial charge < -0.3 is 14.2 Å². The minimum absolute atomic E-state index is 0.108. The summed E-state index contributed by atoms with van der Waals surface area (Å²) in [6.45, 7) is 6.39. The normalized spacial score (nSPS) is 12.8. The SMILES string of the molecule is CC/C=C\C/C=C\C/C=C\C/C=C\CCC(=O)OCC(COC(=O)CCCCCCCCC/C=C\C/C=C\CCCCC)OC(=O)CCCCCCCCC/C=C\C/C=C\CCCCC. The molecule has 0 aromatic carbocycles. The van der Waals surface area contributed by atoms with E-state index in [1.54, 1.807) is 0 Å². The number of carbonyl (C=O) groups excluding carboxylic acids is 3. The Hall–Kier alpha value is -3.67. The Morgan fingerprint density at radius 2 is 0.631 bits per heavy atom. The van der Waals surface area contributed by atoms with Gasteiger partial charge in [0.25, 0.3) is 0 Å². The molecule has 0 spiro atoms. The lowest BCUT2D eigenvalue weighted by molar-refractivity contribution is -0.166. The highest BCUT2D eigenvalue weighted by atomic mass is 16.6. The van der Waals surface area contributed by atoms with Gasteiger partial charge in [0.2, 0.25) is 0 Å². The molecule has 6 heteroatoms. The Balaban J connectivity index is 4.48. The van der Waals surface area contributed by atoms with E-state index in [9.17, 15) is 14.4 Å². The molecule has 0 saturated carbocycles. The summed E-state index contributed by atoms with van der Waals surface area (Å²) in [6.07, 6.45) is 69.7. The summed E-state index contributed by atoms with van der Waals surface area (Å²) in [5.41, 5.74) is 0. The van der Waals surface area contributed by atoms with Crippen LogP contribution in [0.25, 0.3) is 0 Å². The van der Waals surface area contributed by atoms with Crippen molar-refractivity contribution in [2.45, 2.75) is 245 Å². The summed E-state index contributed by atoms with van der Waals surface area (Å²) in [4.78, 5) is 38.0. The Labute approximate surface area is 400 Å². The molecule has 370 valence electrons. The van der Waals surface area contributed by atoms with Crippen LogP contribution in [0, 0.1) is 0 Å². The standard InChI is InChI=1S/C59H98O6/c1-4-7-10-13-16-19-22-25-27-29-31-34-37-40-43-46-49-52-58(61)64-55-56(54-63-57(60)51-48-45-42-39-36-33-24-21-18-15-12-9-6-3)65-59(62)53-50-47-44-41-38-35-32-30-28-26-23-20-17-14-11-8-5-2/h9,12,16-21,25-28,33,36,42,45,56H,4-8,10-11,13-15,22-24,29-32,34-35,37-41,43-44,46-55H2,1-3H3/b12-9-,19-16-,20-17-,21-18-,27-25-,28-26-,36-33-,45-42-. The molecule has 0 rings (SSSR count). The van der Waals surface area contributed by atoms with Gasteiger partial charge in [-0.25, -0.2) is 0 Å². The number of carbonyl (C=O) groups is 3. The zero-order chi connectivity index (χ0) is 47.2. The highest BCUT2D eigenvalue weighted by Crippen LogP contribution is 2.14. The third-order valence-corrected chi connectivity index (χ3v) is 11.1. The van der Waals surface area contributed by atoms with Crippen LogP contribution in [0.15, 0.2) is 97.2 Å². The topological polar surface area (TPSA) is 78.9 Å². The second-order valence-corrected chi connectivity index (χ2v) is 17.4. The van der Waals surface area contributed by atoms with Crippen LogP contribution in [0.3, 0.4) is 0 Å². The zero-order valence-electron chi connectivity index (χ0n) is 42.2. The van der Waals surface area contributed by atoms with Crippen LogP contribution >= 0.6 is 0 Å². The third-order valence-electron chi connectivity index (χ3n) is 11.1. The number of unbranched alkanes of at least 4 members (excludes halogenated alkanes) is 20. The van der Waals surface area contributed by atoms with Gasteiger partial charge in [-0.3, -0.25) is 14.4 Å². The first-order valence-electron chi connectivity index (χ1n) is 26.7. The highest BCUT2D eigenvalue weighted by molar-refractivity contribution is 5.71. The van der Waals surface area contributed by atoms with Gasteiger partial charge in [0, 0.05) is 19.3 Å². The number of hydrogen-bond donors (Lipinski definition) is 0. The van der Waals surface area contributed by atoms with Gasteiger partial charge in [0.05, 0.1) is 0 Å². The summed E-state index contributed by atoms with van der Waals surface area (Å²) in [5, 5.41) is 0. The molecule has 65 heavy (non-hydrogen) atoms. The highest BCUT2D eigenvalue weighted by Gasteiger charge is 2.19. The van der Waals surface area contributed by atoms with Crippen molar-refractivity contribution in [3.63, 3.8) is 0 Å². The maximum absolute atomic E-state index is 12.8. The summed E-state index contributed by atoms with van der Waals surface area (Å²) in [7, 11) is 0. The number of allylic oxidation sites excluding steroid dienone is 16. The second-order valence-electron chi connectivity index (χ2n) is 17.4. The largest absolute Gasteiger partial charge is 0.462 e. The summed E-state index contributed by atoms with van der Waals surface area (Å²) >= 11 is 0. The molecule has 1 unspecified atom stereocenters. The van der Waals surface area contributed by atoms with Gasteiger partial charge in [-0.05, 0) is 109 Å². The number of esters is 3. The van der Waals surface area contributed by atoms with E-state index in [-0.39, 0.29) is 37.5 Å². The molecule has 0 bridgehead atoms. The molecule has 1 atom stereocenters. The number of ether oxygens (including phenoxy) is 3. The number of rotatable bonds is 47. The van der Waals surface area contributed by atoms with E-state index in [2.05, 4.69) is 106 Å². The average Bonchev–Trinajstić information content (AvgIpc) is 3.30. The summed E-state index contributed by atoms with van der Waals surface area (Å²) in [5.74, 6) is -1.01. The molecule has 0 aliphatic rings. The number of hydrogen-bond acceptors (Lipinski definition) is 6. The first-order valence-corrected chi connectivity index (χ1v) is 26.7.